The molecule has 4 amide bonds. The van der Waals surface area contributed by atoms with Crippen molar-refractivity contribution in [2.75, 3.05) is 20.8 Å². The van der Waals surface area contributed by atoms with E-state index in [0.29, 0.717) is 17.9 Å². The number of imide groups is 1. The summed E-state index contributed by atoms with van der Waals surface area (Å²) in [5, 5.41) is 5.71. The quantitative estimate of drug-likeness (QED) is 0.617. The number of hydrogen-bond donors (Lipinski definition) is 2. The molecule has 1 aliphatic carbocycles. The van der Waals surface area contributed by atoms with Crippen molar-refractivity contribution in [3.8, 4) is 11.5 Å². The molecule has 1 saturated heterocycles. The van der Waals surface area contributed by atoms with Crippen LogP contribution in [0.15, 0.2) is 18.2 Å². The van der Waals surface area contributed by atoms with E-state index in [1.165, 1.54) is 24.2 Å². The van der Waals surface area contributed by atoms with Crippen LogP contribution in [0.3, 0.4) is 0 Å². The largest absolute Gasteiger partial charge is 0.493 e. The smallest absolute Gasteiger partial charge is 0.324 e. The highest BCUT2D eigenvalue weighted by molar-refractivity contribution is 6.05. The molecule has 0 spiro atoms. The highest BCUT2D eigenvalue weighted by atomic mass is 16.5. The van der Waals surface area contributed by atoms with E-state index >= 15 is 0 Å². The van der Waals surface area contributed by atoms with Crippen LogP contribution in [-0.2, 0) is 16.0 Å². The van der Waals surface area contributed by atoms with Crippen molar-refractivity contribution < 1.29 is 23.9 Å². The van der Waals surface area contributed by atoms with Gasteiger partial charge in [0.2, 0.25) is 5.91 Å². The second-order valence-electron chi connectivity index (χ2n) is 8.24. The summed E-state index contributed by atoms with van der Waals surface area (Å²) in [6.07, 6.45) is 8.35. The average Bonchev–Trinajstić information content (AvgIpc) is 3.00. The number of hydrogen-bond acceptors (Lipinski definition) is 5. The molecule has 8 heteroatoms. The van der Waals surface area contributed by atoms with Crippen LogP contribution < -0.4 is 20.1 Å². The highest BCUT2D eigenvalue weighted by Crippen LogP contribution is 2.28. The lowest BCUT2D eigenvalue weighted by Gasteiger charge is -2.21. The van der Waals surface area contributed by atoms with E-state index in [-0.39, 0.29) is 30.8 Å². The first-order chi connectivity index (χ1) is 15.0. The van der Waals surface area contributed by atoms with Crippen molar-refractivity contribution in [3.05, 3.63) is 23.8 Å². The number of benzene rings is 1. The molecule has 0 aromatic heterocycles. The minimum Gasteiger partial charge on any atom is -0.493 e. The Morgan fingerprint density at radius 3 is 2.42 bits per heavy atom. The summed E-state index contributed by atoms with van der Waals surface area (Å²) >= 11 is 0. The Kier molecular flexibility index (Phi) is 8.14. The van der Waals surface area contributed by atoms with Gasteiger partial charge in [-0.3, -0.25) is 14.5 Å². The molecule has 0 radical (unpaired) electrons. The van der Waals surface area contributed by atoms with Gasteiger partial charge in [-0.25, -0.2) is 4.79 Å². The van der Waals surface area contributed by atoms with Crippen LogP contribution >= 0.6 is 0 Å². The number of urea groups is 1. The molecule has 2 N–H and O–H groups in total. The van der Waals surface area contributed by atoms with Crippen molar-refractivity contribution in [2.24, 2.45) is 0 Å². The van der Waals surface area contributed by atoms with Gasteiger partial charge in [0.25, 0.3) is 5.91 Å². The fourth-order valence-electron chi connectivity index (χ4n) is 4.28. The summed E-state index contributed by atoms with van der Waals surface area (Å²) < 4.78 is 10.5. The number of methoxy groups -OCH3 is 2. The Balaban J connectivity index is 1.51. The van der Waals surface area contributed by atoms with Gasteiger partial charge in [0.1, 0.15) is 6.04 Å². The summed E-state index contributed by atoms with van der Waals surface area (Å²) in [7, 11) is 3.13. The lowest BCUT2D eigenvalue weighted by atomic mass is 9.96. The van der Waals surface area contributed by atoms with E-state index in [4.69, 9.17) is 9.47 Å². The summed E-state index contributed by atoms with van der Waals surface area (Å²) in [5.74, 6) is 0.696. The third-order valence-corrected chi connectivity index (χ3v) is 6.04. The van der Waals surface area contributed by atoms with Crippen molar-refractivity contribution in [2.45, 2.75) is 69.9 Å². The van der Waals surface area contributed by atoms with E-state index in [1.54, 1.807) is 20.3 Å². The van der Waals surface area contributed by atoms with Crippen LogP contribution in [0.1, 0.15) is 56.9 Å². The van der Waals surface area contributed by atoms with Gasteiger partial charge in [0.15, 0.2) is 11.5 Å². The number of nitrogens with zero attached hydrogens (tertiary/aromatic N) is 1. The van der Waals surface area contributed by atoms with Crippen molar-refractivity contribution in [1.29, 1.82) is 0 Å². The third kappa shape index (κ3) is 6.12. The molecule has 1 aliphatic heterocycles. The maximum atomic E-state index is 12.7. The van der Waals surface area contributed by atoms with Crippen LogP contribution in [0.25, 0.3) is 0 Å². The second-order valence-corrected chi connectivity index (χ2v) is 8.24. The molecule has 0 bridgehead atoms. The van der Waals surface area contributed by atoms with E-state index in [0.717, 1.165) is 31.2 Å². The maximum Gasteiger partial charge on any atom is 0.324 e. The number of rotatable bonds is 8. The summed E-state index contributed by atoms with van der Waals surface area (Å²) in [4.78, 5) is 38.7. The molecule has 1 unspecified atom stereocenters. The number of ether oxygens (including phenoxy) is 2. The summed E-state index contributed by atoms with van der Waals surface area (Å²) in [6.45, 7) is 0.237. The van der Waals surface area contributed by atoms with Gasteiger partial charge < -0.3 is 20.1 Å². The van der Waals surface area contributed by atoms with Crippen molar-refractivity contribution >= 4 is 17.8 Å². The summed E-state index contributed by atoms with van der Waals surface area (Å²) in [5.41, 5.74) is 0.920. The molecule has 2 aliphatic rings. The van der Waals surface area contributed by atoms with Gasteiger partial charge in [0.05, 0.1) is 20.6 Å². The van der Waals surface area contributed by atoms with Crippen LogP contribution in [-0.4, -0.2) is 55.6 Å². The summed E-state index contributed by atoms with van der Waals surface area (Å²) in [6, 6.07) is 4.42. The molecule has 8 nitrogen and oxygen atoms in total. The lowest BCUT2D eigenvalue weighted by molar-refractivity contribution is -0.131. The van der Waals surface area contributed by atoms with Crippen molar-refractivity contribution in [1.82, 2.24) is 15.5 Å². The van der Waals surface area contributed by atoms with Crippen LogP contribution in [0, 0.1) is 0 Å². The molecule has 2 fully saturated rings. The number of nitrogens with one attached hydrogen (secondary N) is 2. The van der Waals surface area contributed by atoms with Gasteiger partial charge in [0, 0.05) is 12.6 Å². The Bertz CT molecular complexity index is 789. The SMILES string of the molecule is COc1ccc(CCN2C(=O)NC(CC(=O)NC3CCCCCCC3)C2=O)cc1OC. The molecule has 3 rings (SSSR count). The van der Waals surface area contributed by atoms with Crippen molar-refractivity contribution in [3.63, 3.8) is 0 Å². The first-order valence-corrected chi connectivity index (χ1v) is 11.1. The van der Waals surface area contributed by atoms with Crippen LogP contribution in [0.2, 0.25) is 0 Å². The standard InChI is InChI=1S/C23H33N3O5/c1-30-19-11-10-16(14-20(19)31-2)12-13-26-22(28)18(25-23(26)29)15-21(27)24-17-8-6-4-3-5-7-9-17/h10-11,14,17-18H,3-9,12-13,15H2,1-2H3,(H,24,27)(H,25,29). The second kappa shape index (κ2) is 11.0. The van der Waals surface area contributed by atoms with E-state index < -0.39 is 12.1 Å². The first kappa shape index (κ1) is 22.9. The zero-order valence-electron chi connectivity index (χ0n) is 18.4. The molecule has 1 aromatic rings. The topological polar surface area (TPSA) is 97.0 Å². The van der Waals surface area contributed by atoms with Gasteiger partial charge in [-0.2, -0.15) is 0 Å². The van der Waals surface area contributed by atoms with Gasteiger partial charge >= 0.3 is 6.03 Å². The zero-order chi connectivity index (χ0) is 22.2. The highest BCUT2D eigenvalue weighted by Gasteiger charge is 2.38. The van der Waals surface area contributed by atoms with E-state index in [9.17, 15) is 14.4 Å². The fourth-order valence-corrected chi connectivity index (χ4v) is 4.28. The molecule has 31 heavy (non-hydrogen) atoms. The molecule has 1 aromatic carbocycles. The van der Waals surface area contributed by atoms with Crippen LogP contribution in [0.4, 0.5) is 4.79 Å². The Labute approximate surface area is 183 Å². The van der Waals surface area contributed by atoms with Crippen LogP contribution in [0.5, 0.6) is 11.5 Å². The van der Waals surface area contributed by atoms with E-state index in [1.807, 2.05) is 12.1 Å². The van der Waals surface area contributed by atoms with Gasteiger partial charge in [-0.1, -0.05) is 38.2 Å². The zero-order valence-corrected chi connectivity index (χ0v) is 18.4. The average molecular weight is 432 g/mol. The number of amides is 4. The molecule has 170 valence electrons. The number of carbonyl (C=O) groups excluding carboxylic acids is 3. The van der Waals surface area contributed by atoms with Gasteiger partial charge in [-0.15, -0.1) is 0 Å². The lowest BCUT2D eigenvalue weighted by Crippen LogP contribution is -2.41. The minimum atomic E-state index is -0.800. The first-order valence-electron chi connectivity index (χ1n) is 11.1. The Morgan fingerprint density at radius 2 is 1.74 bits per heavy atom. The van der Waals surface area contributed by atoms with Gasteiger partial charge in [-0.05, 0) is 37.0 Å². The number of carbonyl (C=O) groups is 3. The third-order valence-electron chi connectivity index (χ3n) is 6.04. The predicted octanol–water partition coefficient (Wildman–Crippen LogP) is 2.79. The monoisotopic (exact) mass is 431 g/mol. The molecule has 1 heterocycles. The fraction of sp³-hybridized carbons (Fsp3) is 0.609. The minimum absolute atomic E-state index is 0.0199. The Morgan fingerprint density at radius 1 is 1.06 bits per heavy atom. The normalized spacial score (nSPS) is 20.1. The molecule has 1 saturated carbocycles. The molecule has 1 atom stereocenters. The molecular formula is C23H33N3O5. The molecular weight excluding hydrogens is 398 g/mol. The Hall–Kier alpha value is -2.77. The maximum absolute atomic E-state index is 12.7. The predicted molar refractivity (Wildman–Crippen MR) is 116 cm³/mol. The van der Waals surface area contributed by atoms with E-state index in [2.05, 4.69) is 10.6 Å².